The van der Waals surface area contributed by atoms with Crippen molar-refractivity contribution >= 4 is 28.2 Å². The Morgan fingerprint density at radius 3 is 1.68 bits per heavy atom. The third kappa shape index (κ3) is 3.98. The van der Waals surface area contributed by atoms with Gasteiger partial charge in [0, 0.05) is 19.8 Å². The van der Waals surface area contributed by atoms with Gasteiger partial charge in [0.05, 0.1) is 6.61 Å². The topological polar surface area (TPSA) is 71.1 Å². The first kappa shape index (κ1) is 18.5. The molecule has 0 aliphatic heterocycles. The summed E-state index contributed by atoms with van der Waals surface area (Å²) in [4.78, 5) is 23.5. The molecule has 0 aromatic rings. The molecule has 1 atom stereocenters. The van der Waals surface area contributed by atoms with Gasteiger partial charge in [0.2, 0.25) is 0 Å². The van der Waals surface area contributed by atoms with E-state index in [1.165, 1.54) is 0 Å². The number of hydrogen-bond acceptors (Lipinski definition) is 6. The number of hydrogen-bond donors (Lipinski definition) is 0. The van der Waals surface area contributed by atoms with Crippen molar-refractivity contribution in [1.29, 1.82) is 0 Å². The average Bonchev–Trinajstić information content (AvgIpc) is 2.38. The molecule has 0 aromatic heterocycles. The van der Waals surface area contributed by atoms with E-state index in [0.29, 0.717) is 6.29 Å². The first-order valence-electron chi connectivity index (χ1n) is 6.22. The molecule has 0 radical (unpaired) electrons. The number of rotatable bonds is 10. The summed E-state index contributed by atoms with van der Waals surface area (Å²) in [6.07, 6.45) is 0.367. The Morgan fingerprint density at radius 1 is 1.00 bits per heavy atom. The zero-order chi connectivity index (χ0) is 14.9. The highest BCUT2D eigenvalue weighted by Crippen LogP contribution is 2.37. The predicted molar refractivity (Wildman–Crippen MR) is 72.0 cm³/mol. The first-order chi connectivity index (χ1) is 8.97. The third-order valence-corrected chi connectivity index (χ3v) is 3.18. The molecule has 0 N–H and O–H groups in total. The lowest BCUT2D eigenvalue weighted by Gasteiger charge is -2.39. The van der Waals surface area contributed by atoms with E-state index in [9.17, 15) is 9.59 Å². The first-order valence-corrected chi connectivity index (χ1v) is 7.01. The van der Waals surface area contributed by atoms with Crippen LogP contribution in [0.1, 0.15) is 27.7 Å². The van der Waals surface area contributed by atoms with E-state index in [-0.39, 0.29) is 26.4 Å². The standard InChI is InChI=1S/C12H21BrO6/c1-5-16-10(15)11(13,9-14)12(17-6-2,18-7-3)19-8-4/h9H,5-8H2,1-4H3. The summed E-state index contributed by atoms with van der Waals surface area (Å²) in [6.45, 7) is 7.46. The van der Waals surface area contributed by atoms with Gasteiger partial charge >= 0.3 is 11.9 Å². The summed E-state index contributed by atoms with van der Waals surface area (Å²) in [5.74, 6) is -2.67. The third-order valence-electron chi connectivity index (χ3n) is 2.18. The molecule has 6 nitrogen and oxygen atoms in total. The molecule has 0 saturated carbocycles. The minimum absolute atomic E-state index is 0.125. The van der Waals surface area contributed by atoms with Crippen molar-refractivity contribution < 1.29 is 28.5 Å². The zero-order valence-corrected chi connectivity index (χ0v) is 13.3. The van der Waals surface area contributed by atoms with Gasteiger partial charge in [-0.25, -0.2) is 4.79 Å². The molecule has 0 amide bonds. The van der Waals surface area contributed by atoms with Crippen LogP contribution in [-0.4, -0.2) is 49.0 Å². The monoisotopic (exact) mass is 340 g/mol. The summed E-state index contributed by atoms with van der Waals surface area (Å²) in [5, 5.41) is 0. The fraction of sp³-hybridized carbons (Fsp3) is 0.833. The van der Waals surface area contributed by atoms with Crippen LogP contribution >= 0.6 is 15.9 Å². The van der Waals surface area contributed by atoms with Crippen molar-refractivity contribution in [3.8, 4) is 0 Å². The van der Waals surface area contributed by atoms with Gasteiger partial charge in [0.15, 0.2) is 6.29 Å². The minimum Gasteiger partial charge on any atom is -0.464 e. The summed E-state index contributed by atoms with van der Waals surface area (Å²) < 4.78 is 19.2. The van der Waals surface area contributed by atoms with Crippen LogP contribution in [0, 0.1) is 0 Å². The van der Waals surface area contributed by atoms with Gasteiger partial charge in [-0.15, -0.1) is 0 Å². The van der Waals surface area contributed by atoms with Crippen LogP contribution < -0.4 is 0 Å². The van der Waals surface area contributed by atoms with Crippen molar-refractivity contribution in [1.82, 2.24) is 0 Å². The van der Waals surface area contributed by atoms with E-state index in [1.54, 1.807) is 27.7 Å². The molecule has 19 heavy (non-hydrogen) atoms. The zero-order valence-electron chi connectivity index (χ0n) is 11.7. The van der Waals surface area contributed by atoms with Crippen molar-refractivity contribution in [3.63, 3.8) is 0 Å². The SMILES string of the molecule is CCOC(=O)C(Br)(C=O)C(OCC)(OCC)OCC. The fourth-order valence-corrected chi connectivity index (χ4v) is 1.95. The highest BCUT2D eigenvalue weighted by atomic mass is 79.9. The quantitative estimate of drug-likeness (QED) is 0.198. The Kier molecular flexibility index (Phi) is 8.40. The number of ether oxygens (including phenoxy) is 4. The van der Waals surface area contributed by atoms with Crippen LogP contribution in [0.4, 0.5) is 0 Å². The van der Waals surface area contributed by atoms with Crippen LogP contribution in [0.15, 0.2) is 0 Å². The van der Waals surface area contributed by atoms with E-state index >= 15 is 0 Å². The number of carbonyl (C=O) groups is 2. The molecule has 0 heterocycles. The maximum absolute atomic E-state index is 12.0. The number of alkyl halides is 1. The summed E-state index contributed by atoms with van der Waals surface area (Å²) in [6, 6.07) is 0. The van der Waals surface area contributed by atoms with Gasteiger partial charge < -0.3 is 23.7 Å². The van der Waals surface area contributed by atoms with Crippen LogP contribution in [0.25, 0.3) is 0 Å². The van der Waals surface area contributed by atoms with E-state index in [1.807, 2.05) is 0 Å². The molecule has 0 fully saturated rings. The van der Waals surface area contributed by atoms with E-state index < -0.39 is 16.3 Å². The molecular formula is C12H21BrO6. The largest absolute Gasteiger partial charge is 0.464 e. The van der Waals surface area contributed by atoms with Gasteiger partial charge in [-0.05, 0) is 27.7 Å². The normalized spacial score (nSPS) is 14.8. The maximum atomic E-state index is 12.0. The predicted octanol–water partition coefficient (Wildman–Crippen LogP) is 1.65. The molecule has 0 aromatic carbocycles. The Labute approximate surface area is 121 Å². The molecule has 0 saturated heterocycles. The second-order valence-corrected chi connectivity index (χ2v) is 4.66. The lowest BCUT2D eigenvalue weighted by Crippen LogP contribution is -2.61. The van der Waals surface area contributed by atoms with Crippen molar-refractivity contribution in [2.45, 2.75) is 38.0 Å². The molecule has 0 aliphatic carbocycles. The van der Waals surface area contributed by atoms with E-state index in [4.69, 9.17) is 18.9 Å². The highest BCUT2D eigenvalue weighted by Gasteiger charge is 2.61. The number of carbonyl (C=O) groups excluding carboxylic acids is 2. The van der Waals surface area contributed by atoms with Crippen LogP contribution in [0.3, 0.4) is 0 Å². The molecule has 7 heteroatoms. The Morgan fingerprint density at radius 2 is 1.42 bits per heavy atom. The summed E-state index contributed by atoms with van der Waals surface area (Å²) in [7, 11) is 0. The van der Waals surface area contributed by atoms with E-state index in [0.717, 1.165) is 0 Å². The smallest absolute Gasteiger partial charge is 0.338 e. The van der Waals surface area contributed by atoms with E-state index in [2.05, 4.69) is 15.9 Å². The van der Waals surface area contributed by atoms with Gasteiger partial charge in [-0.2, -0.15) is 0 Å². The fourth-order valence-electron chi connectivity index (χ4n) is 1.49. The summed E-state index contributed by atoms with van der Waals surface area (Å²) in [5.41, 5.74) is 0. The van der Waals surface area contributed by atoms with Crippen molar-refractivity contribution in [2.24, 2.45) is 0 Å². The molecular weight excluding hydrogens is 320 g/mol. The minimum atomic E-state index is -1.88. The molecule has 0 aliphatic rings. The Bertz CT molecular complexity index is 279. The average molecular weight is 341 g/mol. The van der Waals surface area contributed by atoms with Gasteiger partial charge in [-0.3, -0.25) is 0 Å². The van der Waals surface area contributed by atoms with Gasteiger partial charge in [-0.1, -0.05) is 15.9 Å². The second kappa shape index (κ2) is 8.63. The molecule has 0 rings (SSSR count). The lowest BCUT2D eigenvalue weighted by molar-refractivity contribution is -0.381. The molecule has 0 spiro atoms. The van der Waals surface area contributed by atoms with Gasteiger partial charge in [0.1, 0.15) is 0 Å². The summed E-state index contributed by atoms with van der Waals surface area (Å²) >= 11 is 3.06. The Hall–Kier alpha value is -0.500. The highest BCUT2D eigenvalue weighted by molar-refractivity contribution is 9.10. The van der Waals surface area contributed by atoms with Crippen LogP contribution in [0.2, 0.25) is 0 Å². The second-order valence-electron chi connectivity index (χ2n) is 3.41. The van der Waals surface area contributed by atoms with Gasteiger partial charge in [0.25, 0.3) is 4.32 Å². The molecule has 112 valence electrons. The molecule has 0 bridgehead atoms. The Balaban J connectivity index is 5.58. The molecule has 1 unspecified atom stereocenters. The number of halogens is 1. The lowest BCUT2D eigenvalue weighted by atomic mass is 10.1. The van der Waals surface area contributed by atoms with Crippen molar-refractivity contribution in [2.75, 3.05) is 26.4 Å². The maximum Gasteiger partial charge on any atom is 0.338 e. The van der Waals surface area contributed by atoms with Crippen molar-refractivity contribution in [3.05, 3.63) is 0 Å². The van der Waals surface area contributed by atoms with Crippen LogP contribution in [-0.2, 0) is 28.5 Å². The van der Waals surface area contributed by atoms with Crippen LogP contribution in [0.5, 0.6) is 0 Å². The number of esters is 1. The number of aldehydes is 1.